The summed E-state index contributed by atoms with van der Waals surface area (Å²) in [4.78, 5) is 18.3. The largest absolute Gasteiger partial charge is 0.470 e. The average Bonchev–Trinajstić information content (AvgIpc) is 2.70. The second-order valence-electron chi connectivity index (χ2n) is 10.8. The molecule has 1 atom stereocenters. The minimum absolute atomic E-state index is 0.378. The maximum atomic E-state index is 11.2. The summed E-state index contributed by atoms with van der Waals surface area (Å²) in [6.45, 7) is 2.88. The highest BCUT2D eigenvalue weighted by Gasteiger charge is 2.26. The summed E-state index contributed by atoms with van der Waals surface area (Å²) < 4.78 is 16.8. The lowest BCUT2D eigenvalue weighted by Gasteiger charge is -2.29. The van der Waals surface area contributed by atoms with Crippen LogP contribution in [0, 0.1) is 0 Å². The van der Waals surface area contributed by atoms with E-state index in [-0.39, 0.29) is 6.10 Å². The van der Waals surface area contributed by atoms with Crippen LogP contribution in [0.15, 0.2) is 12.2 Å². The Labute approximate surface area is 206 Å². The van der Waals surface area contributed by atoms with Gasteiger partial charge in [0.15, 0.2) is 0 Å². The van der Waals surface area contributed by atoms with Crippen LogP contribution in [0.25, 0.3) is 0 Å². The number of phosphoric ester groups is 1. The highest BCUT2D eigenvalue weighted by atomic mass is 31.2. The maximum absolute atomic E-state index is 11.2. The Morgan fingerprint density at radius 2 is 1.09 bits per heavy atom. The molecule has 5 nitrogen and oxygen atoms in total. The molecule has 0 aliphatic rings. The zero-order valence-electron chi connectivity index (χ0n) is 22.5. The Morgan fingerprint density at radius 1 is 0.697 bits per heavy atom. The first-order chi connectivity index (χ1) is 15.6. The Kier molecular flexibility index (Phi) is 21.0. The van der Waals surface area contributed by atoms with Gasteiger partial charge in [-0.1, -0.05) is 109 Å². The molecule has 0 rings (SSSR count). The minimum atomic E-state index is -4.42. The van der Waals surface area contributed by atoms with Gasteiger partial charge >= 0.3 is 7.82 Å². The van der Waals surface area contributed by atoms with Crippen LogP contribution in [0.1, 0.15) is 129 Å². The number of unbranched alkanes of at least 4 members (excludes halogenated alkanes) is 16. The maximum Gasteiger partial charge on any atom is 0.470 e. The molecule has 0 saturated carbocycles. The number of hydrogen-bond acceptors (Lipinski definition) is 2. The summed E-state index contributed by atoms with van der Waals surface area (Å²) in [6, 6.07) is 0. The molecule has 0 bridgehead atoms. The molecule has 2 N–H and O–H groups in total. The van der Waals surface area contributed by atoms with E-state index in [1.165, 1.54) is 103 Å². The molecule has 0 aromatic rings. The molecule has 0 radical (unpaired) electrons. The van der Waals surface area contributed by atoms with Crippen LogP contribution in [0.4, 0.5) is 0 Å². The van der Waals surface area contributed by atoms with E-state index in [4.69, 9.17) is 14.3 Å². The van der Waals surface area contributed by atoms with Gasteiger partial charge in [0.2, 0.25) is 0 Å². The van der Waals surface area contributed by atoms with Crippen LogP contribution in [-0.4, -0.2) is 48.1 Å². The molecule has 33 heavy (non-hydrogen) atoms. The van der Waals surface area contributed by atoms with Gasteiger partial charge in [0.25, 0.3) is 0 Å². The zero-order chi connectivity index (χ0) is 24.8. The van der Waals surface area contributed by atoms with E-state index in [2.05, 4.69) is 19.1 Å². The van der Waals surface area contributed by atoms with Gasteiger partial charge in [0, 0.05) is 0 Å². The SMILES string of the molecule is CCCCCCCC/C=C/CCCCCCCCCCCCC(C[N+](C)(C)C)OP(=O)(O)O. The van der Waals surface area contributed by atoms with Crippen molar-refractivity contribution in [3.05, 3.63) is 12.2 Å². The molecule has 0 aromatic carbocycles. The van der Waals surface area contributed by atoms with Gasteiger partial charge in [-0.2, -0.15) is 0 Å². The second kappa shape index (κ2) is 21.1. The first kappa shape index (κ1) is 32.8. The Balaban J connectivity index is 3.48. The number of phosphoric acid groups is 1. The number of hydrogen-bond donors (Lipinski definition) is 2. The van der Waals surface area contributed by atoms with Crippen molar-refractivity contribution in [1.29, 1.82) is 0 Å². The summed E-state index contributed by atoms with van der Waals surface area (Å²) in [5.74, 6) is 0. The molecule has 1 unspecified atom stereocenters. The topological polar surface area (TPSA) is 66.8 Å². The lowest BCUT2D eigenvalue weighted by Crippen LogP contribution is -2.42. The molecular formula is C27H57NO4P+. The van der Waals surface area contributed by atoms with Crippen LogP contribution in [0.2, 0.25) is 0 Å². The van der Waals surface area contributed by atoms with Gasteiger partial charge in [-0.15, -0.1) is 0 Å². The van der Waals surface area contributed by atoms with Gasteiger partial charge in [-0.05, 0) is 32.1 Å². The number of likely N-dealkylation sites (N-methyl/N-ethyl adjacent to an activating group) is 1. The molecule has 0 amide bonds. The molecule has 6 heteroatoms. The lowest BCUT2D eigenvalue weighted by molar-refractivity contribution is -0.873. The number of rotatable bonds is 24. The highest BCUT2D eigenvalue weighted by Crippen LogP contribution is 2.39. The zero-order valence-corrected chi connectivity index (χ0v) is 23.4. The molecule has 0 aliphatic carbocycles. The van der Waals surface area contributed by atoms with Crippen LogP contribution in [0.3, 0.4) is 0 Å². The first-order valence-electron chi connectivity index (χ1n) is 13.8. The number of allylic oxidation sites excluding steroid dienone is 2. The van der Waals surface area contributed by atoms with Crippen molar-refractivity contribution in [3.8, 4) is 0 Å². The van der Waals surface area contributed by atoms with E-state index in [9.17, 15) is 4.57 Å². The number of nitrogens with zero attached hydrogens (tertiary/aromatic N) is 1. The van der Waals surface area contributed by atoms with Crippen molar-refractivity contribution in [2.24, 2.45) is 0 Å². The van der Waals surface area contributed by atoms with Gasteiger partial charge in [-0.3, -0.25) is 4.52 Å². The smallest absolute Gasteiger partial charge is 0.329 e. The van der Waals surface area contributed by atoms with Crippen molar-refractivity contribution < 1.29 is 23.4 Å². The van der Waals surface area contributed by atoms with Gasteiger partial charge in [-0.25, -0.2) is 4.57 Å². The summed E-state index contributed by atoms with van der Waals surface area (Å²) in [5.41, 5.74) is 0. The third-order valence-electron chi connectivity index (χ3n) is 6.08. The molecule has 0 heterocycles. The van der Waals surface area contributed by atoms with E-state index < -0.39 is 7.82 Å². The van der Waals surface area contributed by atoms with Crippen molar-refractivity contribution in [3.63, 3.8) is 0 Å². The highest BCUT2D eigenvalue weighted by molar-refractivity contribution is 7.46. The fraction of sp³-hybridized carbons (Fsp3) is 0.926. The molecule has 0 saturated heterocycles. The number of quaternary nitrogens is 1. The Morgan fingerprint density at radius 3 is 1.48 bits per heavy atom. The summed E-state index contributed by atoms with van der Waals surface area (Å²) >= 11 is 0. The summed E-state index contributed by atoms with van der Waals surface area (Å²) in [6.07, 6.45) is 28.5. The Bertz CT molecular complexity index is 499. The fourth-order valence-electron chi connectivity index (χ4n) is 4.31. The standard InChI is InChI=1S/C27H56NO4P/c1-5-6-7-8-9-10-11-12-13-14-15-16-17-18-19-20-21-22-23-24-25-27(26-28(2,3)4)32-33(29,30)31/h12-13,27H,5-11,14-26H2,1-4H3,(H-,29,30,31)/p+1/b13-12+. The van der Waals surface area contributed by atoms with Crippen LogP contribution < -0.4 is 0 Å². The third-order valence-corrected chi connectivity index (χ3v) is 6.65. The molecule has 0 aliphatic heterocycles. The van der Waals surface area contributed by atoms with E-state index in [1.807, 2.05) is 21.1 Å². The predicted molar refractivity (Wildman–Crippen MR) is 142 cm³/mol. The van der Waals surface area contributed by atoms with Crippen molar-refractivity contribution in [2.75, 3.05) is 27.7 Å². The fourth-order valence-corrected chi connectivity index (χ4v) is 4.87. The Hall–Kier alpha value is -0.190. The molecule has 0 fully saturated rings. The van der Waals surface area contributed by atoms with Crippen molar-refractivity contribution >= 4 is 7.82 Å². The quantitative estimate of drug-likeness (QED) is 0.0620. The van der Waals surface area contributed by atoms with Crippen LogP contribution in [0.5, 0.6) is 0 Å². The molecule has 198 valence electrons. The lowest BCUT2D eigenvalue weighted by atomic mass is 10.0. The minimum Gasteiger partial charge on any atom is -0.329 e. The second-order valence-corrected chi connectivity index (χ2v) is 12.0. The summed E-state index contributed by atoms with van der Waals surface area (Å²) in [5, 5.41) is 0. The van der Waals surface area contributed by atoms with Crippen LogP contribution >= 0.6 is 7.82 Å². The normalized spacial score (nSPS) is 13.8. The van der Waals surface area contributed by atoms with Crippen LogP contribution in [-0.2, 0) is 9.09 Å². The van der Waals surface area contributed by atoms with Gasteiger partial charge < -0.3 is 14.3 Å². The van der Waals surface area contributed by atoms with E-state index in [0.717, 1.165) is 12.8 Å². The monoisotopic (exact) mass is 490 g/mol. The van der Waals surface area contributed by atoms with Gasteiger partial charge in [0.05, 0.1) is 21.1 Å². The first-order valence-corrected chi connectivity index (χ1v) is 15.4. The van der Waals surface area contributed by atoms with Gasteiger partial charge in [0.1, 0.15) is 12.6 Å². The van der Waals surface area contributed by atoms with E-state index in [0.29, 0.717) is 17.4 Å². The molecular weight excluding hydrogens is 433 g/mol. The third kappa shape index (κ3) is 27.9. The van der Waals surface area contributed by atoms with E-state index in [1.54, 1.807) is 0 Å². The average molecular weight is 491 g/mol. The molecule has 0 aromatic heterocycles. The van der Waals surface area contributed by atoms with Crippen molar-refractivity contribution in [2.45, 2.75) is 135 Å². The van der Waals surface area contributed by atoms with Crippen molar-refractivity contribution in [1.82, 2.24) is 0 Å². The predicted octanol–water partition coefficient (Wildman–Crippen LogP) is 8.16. The molecule has 0 spiro atoms. The summed E-state index contributed by atoms with van der Waals surface area (Å²) in [7, 11) is 1.64. The van der Waals surface area contributed by atoms with E-state index >= 15 is 0 Å².